The molecule has 0 amide bonds. The van der Waals surface area contributed by atoms with Gasteiger partial charge in [-0.25, -0.2) is 9.97 Å². The molecule has 0 saturated heterocycles. The van der Waals surface area contributed by atoms with E-state index in [1.54, 1.807) is 0 Å². The van der Waals surface area contributed by atoms with Gasteiger partial charge >= 0.3 is 0 Å². The van der Waals surface area contributed by atoms with Gasteiger partial charge in [0.2, 0.25) is 0 Å². The van der Waals surface area contributed by atoms with Gasteiger partial charge < -0.3 is 5.32 Å². The van der Waals surface area contributed by atoms with Crippen molar-refractivity contribution in [1.29, 1.82) is 0 Å². The van der Waals surface area contributed by atoms with Crippen molar-refractivity contribution < 1.29 is 0 Å². The molecule has 0 aromatic carbocycles. The highest BCUT2D eigenvalue weighted by Crippen LogP contribution is 2.23. The Morgan fingerprint density at radius 3 is 2.62 bits per heavy atom. The maximum absolute atomic E-state index is 4.37. The number of hydrogen-bond acceptors (Lipinski definition) is 3. The first-order chi connectivity index (χ1) is 6.19. The van der Waals surface area contributed by atoms with Crippen molar-refractivity contribution in [1.82, 2.24) is 9.97 Å². The minimum Gasteiger partial charge on any atom is -0.372 e. The monoisotopic (exact) mass is 243 g/mol. The maximum Gasteiger partial charge on any atom is 0.144 e. The summed E-state index contributed by atoms with van der Waals surface area (Å²) in [4.78, 5) is 8.64. The number of aromatic nitrogens is 2. The molecule has 72 valence electrons. The molecule has 0 radical (unpaired) electrons. The van der Waals surface area contributed by atoms with Crippen LogP contribution in [0.4, 0.5) is 5.82 Å². The number of halogens is 1. The van der Waals surface area contributed by atoms with Crippen LogP contribution >= 0.6 is 15.9 Å². The van der Waals surface area contributed by atoms with Crippen molar-refractivity contribution in [3.05, 3.63) is 16.0 Å². The standard InChI is InChI=1S/C9H14BrN3/c1-4-5-7-8(10)9(11-3)13-6(2)12-7/h4-5H2,1-3H3,(H,11,12,13). The van der Waals surface area contributed by atoms with Crippen molar-refractivity contribution in [2.45, 2.75) is 26.7 Å². The van der Waals surface area contributed by atoms with E-state index in [0.717, 1.165) is 34.7 Å². The summed E-state index contributed by atoms with van der Waals surface area (Å²) in [6, 6.07) is 0. The van der Waals surface area contributed by atoms with Crippen LogP contribution in [0.3, 0.4) is 0 Å². The molecule has 1 rings (SSSR count). The molecule has 0 aliphatic rings. The summed E-state index contributed by atoms with van der Waals surface area (Å²) in [6.07, 6.45) is 2.08. The quantitative estimate of drug-likeness (QED) is 0.887. The fraction of sp³-hybridized carbons (Fsp3) is 0.556. The number of rotatable bonds is 3. The third-order valence-corrected chi connectivity index (χ3v) is 2.59. The predicted molar refractivity (Wildman–Crippen MR) is 58.0 cm³/mol. The van der Waals surface area contributed by atoms with Gasteiger partial charge in [0.15, 0.2) is 0 Å². The predicted octanol–water partition coefficient (Wildman–Crippen LogP) is 2.54. The Morgan fingerprint density at radius 2 is 2.08 bits per heavy atom. The first kappa shape index (κ1) is 10.4. The summed E-state index contributed by atoms with van der Waals surface area (Å²) in [5.74, 6) is 1.69. The van der Waals surface area contributed by atoms with E-state index >= 15 is 0 Å². The second kappa shape index (κ2) is 4.56. The van der Waals surface area contributed by atoms with Crippen LogP contribution in [0.15, 0.2) is 4.47 Å². The highest BCUT2D eigenvalue weighted by molar-refractivity contribution is 9.10. The summed E-state index contributed by atoms with van der Waals surface area (Å²) in [5, 5.41) is 3.04. The lowest BCUT2D eigenvalue weighted by Crippen LogP contribution is -2.02. The molecular formula is C9H14BrN3. The molecule has 1 aromatic rings. The summed E-state index contributed by atoms with van der Waals surface area (Å²) in [5.41, 5.74) is 1.08. The van der Waals surface area contributed by atoms with Crippen molar-refractivity contribution >= 4 is 21.7 Å². The van der Waals surface area contributed by atoms with E-state index < -0.39 is 0 Å². The lowest BCUT2D eigenvalue weighted by Gasteiger charge is -2.08. The molecule has 1 N–H and O–H groups in total. The largest absolute Gasteiger partial charge is 0.372 e. The van der Waals surface area contributed by atoms with Crippen LogP contribution in [0.5, 0.6) is 0 Å². The second-order valence-corrected chi connectivity index (χ2v) is 3.67. The first-order valence-electron chi connectivity index (χ1n) is 4.39. The Kier molecular flexibility index (Phi) is 3.66. The fourth-order valence-corrected chi connectivity index (χ4v) is 1.76. The van der Waals surface area contributed by atoms with Gasteiger partial charge in [-0.3, -0.25) is 0 Å². The molecule has 0 spiro atoms. The van der Waals surface area contributed by atoms with Crippen LogP contribution < -0.4 is 5.32 Å². The number of hydrogen-bond donors (Lipinski definition) is 1. The first-order valence-corrected chi connectivity index (χ1v) is 5.19. The zero-order chi connectivity index (χ0) is 9.84. The van der Waals surface area contributed by atoms with Crippen LogP contribution in [-0.2, 0) is 6.42 Å². The van der Waals surface area contributed by atoms with Gasteiger partial charge in [0, 0.05) is 7.05 Å². The minimum atomic E-state index is 0.816. The van der Waals surface area contributed by atoms with Crippen LogP contribution in [0.2, 0.25) is 0 Å². The molecule has 0 aliphatic carbocycles. The van der Waals surface area contributed by atoms with Crippen LogP contribution in [0.25, 0.3) is 0 Å². The van der Waals surface area contributed by atoms with E-state index in [1.807, 2.05) is 14.0 Å². The van der Waals surface area contributed by atoms with E-state index in [4.69, 9.17) is 0 Å². The molecular weight excluding hydrogens is 230 g/mol. The Balaban J connectivity index is 3.11. The maximum atomic E-state index is 4.37. The average molecular weight is 244 g/mol. The van der Waals surface area contributed by atoms with E-state index in [-0.39, 0.29) is 0 Å². The zero-order valence-corrected chi connectivity index (χ0v) is 9.77. The van der Waals surface area contributed by atoms with Gasteiger partial charge in [-0.15, -0.1) is 0 Å². The molecule has 13 heavy (non-hydrogen) atoms. The summed E-state index contributed by atoms with van der Waals surface area (Å²) in [7, 11) is 1.86. The Labute approximate surface area is 87.1 Å². The van der Waals surface area contributed by atoms with E-state index in [0.29, 0.717) is 0 Å². The average Bonchev–Trinajstić information content (AvgIpc) is 2.11. The lowest BCUT2D eigenvalue weighted by molar-refractivity contribution is 0.850. The summed E-state index contributed by atoms with van der Waals surface area (Å²) < 4.78 is 0.988. The number of aryl methyl sites for hydroxylation is 2. The highest BCUT2D eigenvalue weighted by Gasteiger charge is 2.07. The topological polar surface area (TPSA) is 37.8 Å². The van der Waals surface area contributed by atoms with Gasteiger partial charge in [0.1, 0.15) is 11.6 Å². The molecule has 0 unspecified atom stereocenters. The molecule has 0 aliphatic heterocycles. The summed E-state index contributed by atoms with van der Waals surface area (Å²) >= 11 is 3.49. The molecule has 0 bridgehead atoms. The lowest BCUT2D eigenvalue weighted by atomic mass is 10.2. The second-order valence-electron chi connectivity index (χ2n) is 2.88. The van der Waals surface area contributed by atoms with Crippen LogP contribution in [0, 0.1) is 6.92 Å². The minimum absolute atomic E-state index is 0.816. The Morgan fingerprint density at radius 1 is 1.38 bits per heavy atom. The third-order valence-electron chi connectivity index (χ3n) is 1.76. The van der Waals surface area contributed by atoms with E-state index in [9.17, 15) is 0 Å². The number of anilines is 1. The highest BCUT2D eigenvalue weighted by atomic mass is 79.9. The van der Waals surface area contributed by atoms with Gasteiger partial charge in [0.05, 0.1) is 10.2 Å². The molecule has 0 saturated carbocycles. The molecule has 4 heteroatoms. The van der Waals surface area contributed by atoms with Crippen molar-refractivity contribution in [2.75, 3.05) is 12.4 Å². The van der Waals surface area contributed by atoms with Crippen molar-refractivity contribution in [2.24, 2.45) is 0 Å². The molecule has 1 aromatic heterocycles. The smallest absolute Gasteiger partial charge is 0.144 e. The van der Waals surface area contributed by atoms with Gasteiger partial charge in [-0.2, -0.15) is 0 Å². The third kappa shape index (κ3) is 2.40. The van der Waals surface area contributed by atoms with E-state index in [2.05, 4.69) is 38.1 Å². The van der Waals surface area contributed by atoms with Crippen LogP contribution in [-0.4, -0.2) is 17.0 Å². The van der Waals surface area contributed by atoms with Crippen molar-refractivity contribution in [3.63, 3.8) is 0 Å². The molecule has 1 heterocycles. The fourth-order valence-electron chi connectivity index (χ4n) is 1.19. The zero-order valence-electron chi connectivity index (χ0n) is 8.19. The summed E-state index contributed by atoms with van der Waals surface area (Å²) in [6.45, 7) is 4.05. The molecule has 0 fully saturated rings. The van der Waals surface area contributed by atoms with Gasteiger partial charge in [-0.05, 0) is 29.3 Å². The van der Waals surface area contributed by atoms with Crippen molar-refractivity contribution in [3.8, 4) is 0 Å². The molecule has 0 atom stereocenters. The van der Waals surface area contributed by atoms with Gasteiger partial charge in [-0.1, -0.05) is 13.3 Å². The SMILES string of the molecule is CCCc1nc(C)nc(NC)c1Br. The van der Waals surface area contributed by atoms with Crippen LogP contribution in [0.1, 0.15) is 24.9 Å². The number of nitrogens with zero attached hydrogens (tertiary/aromatic N) is 2. The normalized spacial score (nSPS) is 10.2. The van der Waals surface area contributed by atoms with Gasteiger partial charge in [0.25, 0.3) is 0 Å². The number of nitrogens with one attached hydrogen (secondary N) is 1. The van der Waals surface area contributed by atoms with E-state index in [1.165, 1.54) is 0 Å². The molecule has 3 nitrogen and oxygen atoms in total. The Hall–Kier alpha value is -0.640. The Bertz CT molecular complexity index is 299.